The minimum absolute atomic E-state index is 0.0786. The van der Waals surface area contributed by atoms with Gasteiger partial charge in [0.15, 0.2) is 5.82 Å². The lowest BCUT2D eigenvalue weighted by atomic mass is 10.1. The van der Waals surface area contributed by atoms with E-state index in [0.717, 1.165) is 54.7 Å². The summed E-state index contributed by atoms with van der Waals surface area (Å²) in [4.78, 5) is 28.8. The molecule has 2 aromatic carbocycles. The van der Waals surface area contributed by atoms with E-state index >= 15 is 0 Å². The highest BCUT2D eigenvalue weighted by molar-refractivity contribution is 5.95. The van der Waals surface area contributed by atoms with Gasteiger partial charge in [0.2, 0.25) is 0 Å². The second kappa shape index (κ2) is 9.48. The summed E-state index contributed by atoms with van der Waals surface area (Å²) in [6, 6.07) is 15.9. The van der Waals surface area contributed by atoms with Crippen molar-refractivity contribution in [3.05, 3.63) is 66.5 Å². The molecule has 0 spiro atoms. The first-order valence-electron chi connectivity index (χ1n) is 11.6. The number of aromatic nitrogens is 2. The summed E-state index contributed by atoms with van der Waals surface area (Å²) in [6.07, 6.45) is 5.86. The lowest BCUT2D eigenvalue weighted by molar-refractivity contribution is 0.0747. The molecule has 0 radical (unpaired) electrons. The minimum Gasteiger partial charge on any atom is -0.497 e. The highest BCUT2D eigenvalue weighted by Gasteiger charge is 2.23. The van der Waals surface area contributed by atoms with E-state index in [1.807, 2.05) is 41.3 Å². The van der Waals surface area contributed by atoms with Crippen molar-refractivity contribution in [3.63, 3.8) is 0 Å². The van der Waals surface area contributed by atoms with Gasteiger partial charge in [-0.3, -0.25) is 9.78 Å². The summed E-state index contributed by atoms with van der Waals surface area (Å²) in [5.74, 6) is 1.86. The van der Waals surface area contributed by atoms with Crippen LogP contribution in [0.4, 0.5) is 11.5 Å². The van der Waals surface area contributed by atoms with Crippen LogP contribution in [-0.4, -0.2) is 67.2 Å². The molecule has 0 aliphatic carbocycles. The zero-order valence-electron chi connectivity index (χ0n) is 19.0. The Morgan fingerprint density at radius 2 is 1.45 bits per heavy atom. The van der Waals surface area contributed by atoms with Crippen LogP contribution >= 0.6 is 0 Å². The molecule has 5 rings (SSSR count). The van der Waals surface area contributed by atoms with E-state index in [9.17, 15) is 4.79 Å². The van der Waals surface area contributed by atoms with Crippen LogP contribution in [0.15, 0.2) is 60.9 Å². The standard InChI is InChI=1S/C26H29N5O2/c1-33-23-10-8-22(9-11-23)29-16-18-31(19-17-29)26(32)21-6-4-20(5-7-21)24-25(28-13-12-27-24)30-14-2-3-15-30/h4-13H,2-3,14-19H2,1H3. The van der Waals surface area contributed by atoms with Crippen molar-refractivity contribution >= 4 is 17.4 Å². The first-order valence-corrected chi connectivity index (χ1v) is 11.6. The zero-order valence-corrected chi connectivity index (χ0v) is 19.0. The molecule has 0 unspecified atom stereocenters. The molecule has 2 aliphatic rings. The van der Waals surface area contributed by atoms with Crippen LogP contribution in [0.3, 0.4) is 0 Å². The molecule has 0 N–H and O–H groups in total. The Bertz CT molecular complexity index is 1090. The Morgan fingerprint density at radius 3 is 2.12 bits per heavy atom. The van der Waals surface area contributed by atoms with Gasteiger partial charge in [0.25, 0.3) is 5.91 Å². The molecule has 0 saturated carbocycles. The second-order valence-corrected chi connectivity index (χ2v) is 8.48. The molecule has 7 nitrogen and oxygen atoms in total. The molecule has 0 atom stereocenters. The van der Waals surface area contributed by atoms with Crippen LogP contribution in [0.25, 0.3) is 11.3 Å². The average Bonchev–Trinajstić information content (AvgIpc) is 3.44. The Kier molecular flexibility index (Phi) is 6.11. The number of amides is 1. The van der Waals surface area contributed by atoms with Crippen molar-refractivity contribution < 1.29 is 9.53 Å². The second-order valence-electron chi connectivity index (χ2n) is 8.48. The number of methoxy groups -OCH3 is 1. The third-order valence-corrected chi connectivity index (χ3v) is 6.49. The summed E-state index contributed by atoms with van der Waals surface area (Å²) < 4.78 is 5.24. The number of rotatable bonds is 5. The van der Waals surface area contributed by atoms with Gasteiger partial charge >= 0.3 is 0 Å². The number of hydrogen-bond donors (Lipinski definition) is 0. The van der Waals surface area contributed by atoms with Gasteiger partial charge in [-0.05, 0) is 49.2 Å². The molecule has 2 saturated heterocycles. The van der Waals surface area contributed by atoms with E-state index in [-0.39, 0.29) is 5.91 Å². The highest BCUT2D eigenvalue weighted by Crippen LogP contribution is 2.29. The van der Waals surface area contributed by atoms with Gasteiger partial charge in [0.05, 0.1) is 7.11 Å². The zero-order chi connectivity index (χ0) is 22.6. The van der Waals surface area contributed by atoms with Crippen LogP contribution in [0, 0.1) is 0 Å². The van der Waals surface area contributed by atoms with Crippen LogP contribution in [0.1, 0.15) is 23.2 Å². The minimum atomic E-state index is 0.0786. The average molecular weight is 444 g/mol. The van der Waals surface area contributed by atoms with E-state index in [4.69, 9.17) is 4.74 Å². The van der Waals surface area contributed by atoms with Crippen molar-refractivity contribution in [3.8, 4) is 17.0 Å². The predicted octanol–water partition coefficient (Wildman–Crippen LogP) is 3.71. The molecule has 33 heavy (non-hydrogen) atoms. The van der Waals surface area contributed by atoms with E-state index in [0.29, 0.717) is 18.7 Å². The lowest BCUT2D eigenvalue weighted by Gasteiger charge is -2.36. The molecule has 1 amide bonds. The van der Waals surface area contributed by atoms with E-state index < -0.39 is 0 Å². The number of ether oxygens (including phenoxy) is 1. The first-order chi connectivity index (χ1) is 16.2. The summed E-state index contributed by atoms with van der Waals surface area (Å²) in [6.45, 7) is 5.07. The molecule has 3 aromatic rings. The van der Waals surface area contributed by atoms with E-state index in [1.54, 1.807) is 19.5 Å². The van der Waals surface area contributed by atoms with Gasteiger partial charge in [-0.15, -0.1) is 0 Å². The number of anilines is 2. The summed E-state index contributed by atoms with van der Waals surface area (Å²) in [5, 5.41) is 0. The lowest BCUT2D eigenvalue weighted by Crippen LogP contribution is -2.48. The maximum atomic E-state index is 13.1. The number of benzene rings is 2. The van der Waals surface area contributed by atoms with Crippen LogP contribution < -0.4 is 14.5 Å². The van der Waals surface area contributed by atoms with Crippen molar-refractivity contribution in [1.29, 1.82) is 0 Å². The molecule has 2 fully saturated rings. The maximum absolute atomic E-state index is 13.1. The molecule has 0 bridgehead atoms. The molecule has 3 heterocycles. The van der Waals surface area contributed by atoms with Crippen LogP contribution in [-0.2, 0) is 0 Å². The van der Waals surface area contributed by atoms with Gasteiger partial charge in [-0.1, -0.05) is 12.1 Å². The van der Waals surface area contributed by atoms with E-state index in [1.165, 1.54) is 12.8 Å². The highest BCUT2D eigenvalue weighted by atomic mass is 16.5. The third-order valence-electron chi connectivity index (χ3n) is 6.49. The van der Waals surface area contributed by atoms with Crippen molar-refractivity contribution in [1.82, 2.24) is 14.9 Å². The predicted molar refractivity (Wildman–Crippen MR) is 130 cm³/mol. The largest absolute Gasteiger partial charge is 0.497 e. The van der Waals surface area contributed by atoms with Crippen molar-refractivity contribution in [2.75, 3.05) is 56.2 Å². The summed E-state index contributed by atoms with van der Waals surface area (Å²) >= 11 is 0. The Labute approximate surface area is 194 Å². The number of hydrogen-bond acceptors (Lipinski definition) is 6. The van der Waals surface area contributed by atoms with Crippen LogP contribution in [0.5, 0.6) is 5.75 Å². The smallest absolute Gasteiger partial charge is 0.253 e. The number of carbonyl (C=O) groups is 1. The first kappa shape index (κ1) is 21.2. The molecule has 7 heteroatoms. The third kappa shape index (κ3) is 4.49. The van der Waals surface area contributed by atoms with Crippen molar-refractivity contribution in [2.24, 2.45) is 0 Å². The fourth-order valence-corrected chi connectivity index (χ4v) is 4.61. The molecule has 1 aromatic heterocycles. The Hall–Kier alpha value is -3.61. The number of nitrogens with zero attached hydrogens (tertiary/aromatic N) is 5. The maximum Gasteiger partial charge on any atom is 0.253 e. The van der Waals surface area contributed by atoms with Crippen LogP contribution in [0.2, 0.25) is 0 Å². The van der Waals surface area contributed by atoms with E-state index in [2.05, 4.69) is 31.9 Å². The topological polar surface area (TPSA) is 61.8 Å². The molecule has 170 valence electrons. The van der Waals surface area contributed by atoms with Gasteiger partial charge in [-0.25, -0.2) is 4.98 Å². The molecular weight excluding hydrogens is 414 g/mol. The van der Waals surface area contributed by atoms with Gasteiger partial charge in [0.1, 0.15) is 11.4 Å². The van der Waals surface area contributed by atoms with Gasteiger partial charge in [-0.2, -0.15) is 0 Å². The summed E-state index contributed by atoms with van der Waals surface area (Å²) in [5.41, 5.74) is 3.74. The SMILES string of the molecule is COc1ccc(N2CCN(C(=O)c3ccc(-c4nccnc4N4CCCC4)cc3)CC2)cc1. The fraction of sp³-hybridized carbons (Fsp3) is 0.346. The number of piperazine rings is 1. The quantitative estimate of drug-likeness (QED) is 0.599. The molecular formula is C26H29N5O2. The van der Waals surface area contributed by atoms with Gasteiger partial charge in [0, 0.05) is 68.5 Å². The normalized spacial score (nSPS) is 16.2. The Balaban J connectivity index is 1.24. The number of carbonyl (C=O) groups excluding carboxylic acids is 1. The molecule has 2 aliphatic heterocycles. The van der Waals surface area contributed by atoms with Crippen molar-refractivity contribution in [2.45, 2.75) is 12.8 Å². The fourth-order valence-electron chi connectivity index (χ4n) is 4.61. The Morgan fingerprint density at radius 1 is 0.788 bits per heavy atom. The monoisotopic (exact) mass is 443 g/mol. The van der Waals surface area contributed by atoms with Gasteiger partial charge < -0.3 is 19.4 Å². The summed E-state index contributed by atoms with van der Waals surface area (Å²) in [7, 11) is 1.67.